The van der Waals surface area contributed by atoms with E-state index in [0.29, 0.717) is 12.5 Å². The number of aromatic nitrogens is 3. The van der Waals surface area contributed by atoms with Gasteiger partial charge in [-0.15, -0.1) is 11.3 Å². The summed E-state index contributed by atoms with van der Waals surface area (Å²) in [5.74, 6) is -5.05. The number of alkyl halides is 6. The largest absolute Gasteiger partial charge is 0.490 e. The first-order valence-corrected chi connectivity index (χ1v) is 13.9. The number of aryl methyl sites for hydroxylation is 1. The summed E-state index contributed by atoms with van der Waals surface area (Å²) in [6, 6.07) is 10.4. The predicted molar refractivity (Wildman–Crippen MR) is 144 cm³/mol. The molecule has 5 heterocycles. The molecule has 44 heavy (non-hydrogen) atoms. The number of nitrogens with zero attached hydrogens (tertiary/aromatic N) is 5. The molecule has 3 aromatic rings. The number of hydrogen-bond acceptors (Lipinski definition) is 7. The van der Waals surface area contributed by atoms with Crippen molar-refractivity contribution >= 4 is 29.2 Å². The molecule has 5 rings (SSSR count). The Morgan fingerprint density at radius 3 is 2.11 bits per heavy atom. The normalized spacial score (nSPS) is 20.5. The Bertz CT molecular complexity index is 1380. The van der Waals surface area contributed by atoms with E-state index in [9.17, 15) is 31.1 Å². The van der Waals surface area contributed by atoms with Crippen LogP contribution in [0.1, 0.15) is 34.9 Å². The third-order valence-corrected chi connectivity index (χ3v) is 8.02. The van der Waals surface area contributed by atoms with Crippen molar-refractivity contribution in [1.29, 1.82) is 0 Å². The van der Waals surface area contributed by atoms with E-state index in [1.807, 2.05) is 30.1 Å². The van der Waals surface area contributed by atoms with E-state index < -0.39 is 24.3 Å². The molecule has 10 nitrogen and oxygen atoms in total. The highest BCUT2D eigenvalue weighted by atomic mass is 32.1. The minimum absolute atomic E-state index is 0.165. The van der Waals surface area contributed by atoms with E-state index in [2.05, 4.69) is 43.5 Å². The molecule has 2 fully saturated rings. The lowest BCUT2D eigenvalue weighted by atomic mass is 9.70. The van der Waals surface area contributed by atoms with Crippen LogP contribution in [0.5, 0.6) is 0 Å². The van der Waals surface area contributed by atoms with Crippen molar-refractivity contribution < 1.29 is 50.9 Å². The maximum absolute atomic E-state index is 14.0. The van der Waals surface area contributed by atoms with Gasteiger partial charge in [-0.3, -0.25) is 19.4 Å². The number of carboxylic acids is 2. The highest BCUT2D eigenvalue weighted by Crippen LogP contribution is 2.50. The molecule has 2 saturated heterocycles. The molecule has 0 radical (unpaired) electrons. The van der Waals surface area contributed by atoms with E-state index in [0.717, 1.165) is 44.6 Å². The van der Waals surface area contributed by atoms with Crippen LogP contribution in [0, 0.1) is 5.41 Å². The lowest BCUT2D eigenvalue weighted by molar-refractivity contribution is -0.193. The van der Waals surface area contributed by atoms with E-state index in [1.165, 1.54) is 10.6 Å². The second kappa shape index (κ2) is 14.2. The molecular weight excluding hydrogens is 620 g/mol. The zero-order valence-electron chi connectivity index (χ0n) is 23.3. The summed E-state index contributed by atoms with van der Waals surface area (Å²) in [5.41, 5.74) is 1.93. The number of hydrogen-bond donors (Lipinski definition) is 2. The highest BCUT2D eigenvalue weighted by Gasteiger charge is 2.55. The molecule has 0 saturated carbocycles. The molecular formula is C27H29F6N5O5S. The lowest BCUT2D eigenvalue weighted by Crippen LogP contribution is -2.52. The summed E-state index contributed by atoms with van der Waals surface area (Å²) in [6.07, 6.45) is -2.73. The fraction of sp³-hybridized carbons (Fsp3) is 0.444. The van der Waals surface area contributed by atoms with Crippen LogP contribution in [0.3, 0.4) is 0 Å². The molecule has 17 heteroatoms. The third-order valence-electron chi connectivity index (χ3n) is 7.16. The Hall–Kier alpha value is -3.99. The number of piperidine rings is 1. The van der Waals surface area contributed by atoms with Gasteiger partial charge in [-0.05, 0) is 48.1 Å². The SMILES string of the molecule is Cn1nccc1[C@@H]1CN(Cc2cccs2)C[C@]12CCCN(Cc1ccncc1)C2=O.O=C(O)C(F)(F)F.O=C(O)C(F)(F)F. The maximum Gasteiger partial charge on any atom is 0.490 e. The second-order valence-electron chi connectivity index (χ2n) is 10.1. The molecule has 0 unspecified atom stereocenters. The number of rotatable bonds is 5. The number of aliphatic carboxylic acids is 2. The van der Waals surface area contributed by atoms with Gasteiger partial charge in [0.1, 0.15) is 0 Å². The van der Waals surface area contributed by atoms with Crippen molar-refractivity contribution in [2.24, 2.45) is 12.5 Å². The first-order chi connectivity index (χ1) is 20.5. The standard InChI is InChI=1S/C23H27N5OS.2C2HF3O2/c1-26-21(7-11-25-26)20-16-27(15-19-4-2-13-30-19)17-23(20)8-3-12-28(22(23)29)14-18-5-9-24-10-6-18;2*3-2(4,5)1(6)7/h2,4-7,9-11,13,20H,3,8,12,14-17H2,1H3;2*(H,6,7)/t20-,23+;;/m0../s1. The zero-order valence-corrected chi connectivity index (χ0v) is 24.1. The highest BCUT2D eigenvalue weighted by molar-refractivity contribution is 7.09. The molecule has 0 aliphatic carbocycles. The Morgan fingerprint density at radius 2 is 1.61 bits per heavy atom. The monoisotopic (exact) mass is 649 g/mol. The maximum atomic E-state index is 14.0. The number of carboxylic acid groups (broad SMARTS) is 2. The number of amides is 1. The topological polar surface area (TPSA) is 129 Å². The Kier molecular flexibility index (Phi) is 11.1. The number of thiophene rings is 1. The minimum Gasteiger partial charge on any atom is -0.475 e. The first kappa shape index (κ1) is 34.5. The van der Waals surface area contributed by atoms with Gasteiger partial charge in [0.25, 0.3) is 0 Å². The molecule has 2 atom stereocenters. The second-order valence-corrected chi connectivity index (χ2v) is 11.2. The minimum atomic E-state index is -5.08. The van der Waals surface area contributed by atoms with Crippen LogP contribution in [0.15, 0.2) is 54.3 Å². The van der Waals surface area contributed by atoms with Gasteiger partial charge in [0.2, 0.25) is 5.91 Å². The van der Waals surface area contributed by atoms with Gasteiger partial charge in [0.05, 0.1) is 5.41 Å². The van der Waals surface area contributed by atoms with Crippen LogP contribution < -0.4 is 0 Å². The molecule has 2 aliphatic heterocycles. The average molecular weight is 650 g/mol. The summed E-state index contributed by atoms with van der Waals surface area (Å²) in [5, 5.41) is 20.8. The number of carbonyl (C=O) groups is 3. The molecule has 240 valence electrons. The summed E-state index contributed by atoms with van der Waals surface area (Å²) in [7, 11) is 1.99. The fourth-order valence-electron chi connectivity index (χ4n) is 5.29. The van der Waals surface area contributed by atoms with Crippen molar-refractivity contribution in [1.82, 2.24) is 24.6 Å². The van der Waals surface area contributed by atoms with Crippen LogP contribution in [0.25, 0.3) is 0 Å². The predicted octanol–water partition coefficient (Wildman–Crippen LogP) is 4.55. The number of likely N-dealkylation sites (tertiary alicyclic amines) is 2. The van der Waals surface area contributed by atoms with Gasteiger partial charge < -0.3 is 15.1 Å². The molecule has 1 amide bonds. The first-order valence-electron chi connectivity index (χ1n) is 13.1. The molecule has 2 aliphatic rings. The summed E-state index contributed by atoms with van der Waals surface area (Å²) < 4.78 is 65.4. The smallest absolute Gasteiger partial charge is 0.475 e. The van der Waals surface area contributed by atoms with E-state index in [-0.39, 0.29) is 11.3 Å². The van der Waals surface area contributed by atoms with Crippen LogP contribution in [0.4, 0.5) is 26.3 Å². The summed E-state index contributed by atoms with van der Waals surface area (Å²) >= 11 is 1.79. The quantitative estimate of drug-likeness (QED) is 0.386. The Labute approximate surface area is 251 Å². The van der Waals surface area contributed by atoms with E-state index in [1.54, 1.807) is 23.7 Å². The third kappa shape index (κ3) is 8.78. The molecule has 0 aromatic carbocycles. The van der Waals surface area contributed by atoms with Gasteiger partial charge in [0.15, 0.2) is 0 Å². The van der Waals surface area contributed by atoms with Gasteiger partial charge >= 0.3 is 24.3 Å². The van der Waals surface area contributed by atoms with Crippen molar-refractivity contribution in [3.8, 4) is 0 Å². The number of halogens is 6. The molecule has 2 N–H and O–H groups in total. The van der Waals surface area contributed by atoms with Gasteiger partial charge in [0, 0.05) is 74.9 Å². The molecule has 1 spiro atoms. The summed E-state index contributed by atoms with van der Waals surface area (Å²) in [6.45, 7) is 4.10. The van der Waals surface area contributed by atoms with Crippen molar-refractivity contribution in [2.75, 3.05) is 19.6 Å². The Morgan fingerprint density at radius 1 is 1.00 bits per heavy atom. The molecule has 3 aromatic heterocycles. The van der Waals surface area contributed by atoms with E-state index >= 15 is 0 Å². The fourth-order valence-corrected chi connectivity index (χ4v) is 6.04. The summed E-state index contributed by atoms with van der Waals surface area (Å²) in [4.78, 5) is 41.8. The lowest BCUT2D eigenvalue weighted by Gasteiger charge is -2.42. The Balaban J connectivity index is 0.000000317. The van der Waals surface area contributed by atoms with E-state index in [4.69, 9.17) is 19.8 Å². The number of carbonyl (C=O) groups excluding carboxylic acids is 1. The van der Waals surface area contributed by atoms with Crippen molar-refractivity contribution in [3.05, 3.63) is 70.4 Å². The number of pyridine rings is 1. The average Bonchev–Trinajstić information content (AvgIpc) is 3.68. The van der Waals surface area contributed by atoms with Crippen molar-refractivity contribution in [2.45, 2.75) is 44.2 Å². The van der Waals surface area contributed by atoms with Gasteiger partial charge in [-0.25, -0.2) is 9.59 Å². The van der Waals surface area contributed by atoms with Crippen LogP contribution in [-0.2, 0) is 34.5 Å². The van der Waals surface area contributed by atoms with Crippen LogP contribution in [-0.4, -0.2) is 84.6 Å². The zero-order chi connectivity index (χ0) is 32.7. The van der Waals surface area contributed by atoms with Crippen LogP contribution >= 0.6 is 11.3 Å². The molecule has 0 bridgehead atoms. The van der Waals surface area contributed by atoms with Crippen molar-refractivity contribution in [3.63, 3.8) is 0 Å². The van der Waals surface area contributed by atoms with Gasteiger partial charge in [-0.2, -0.15) is 31.4 Å². The van der Waals surface area contributed by atoms with Gasteiger partial charge in [-0.1, -0.05) is 6.07 Å². The van der Waals surface area contributed by atoms with Crippen LogP contribution in [0.2, 0.25) is 0 Å².